The Morgan fingerprint density at radius 1 is 1.27 bits per heavy atom. The highest BCUT2D eigenvalue weighted by atomic mass is 35.5. The molecule has 0 fully saturated rings. The standard InChI is InChI=1S/C16H11ClF3N5O/c1-25-8-9(6-22-25)11-3-2-4-12(23-11)15(26)24-13-5-14(17)21-7-10(13)16(18,19)20/h2-8H,1H3,(H,21,24,26). The average molecular weight is 382 g/mol. The van der Waals surface area contributed by atoms with E-state index in [1.54, 1.807) is 36.3 Å². The Labute approximate surface area is 150 Å². The summed E-state index contributed by atoms with van der Waals surface area (Å²) in [4.78, 5) is 20.0. The van der Waals surface area contributed by atoms with Gasteiger partial charge in [0.2, 0.25) is 0 Å². The van der Waals surface area contributed by atoms with Crippen LogP contribution in [0.2, 0.25) is 5.15 Å². The summed E-state index contributed by atoms with van der Waals surface area (Å²) in [5, 5.41) is 6.03. The van der Waals surface area contributed by atoms with E-state index in [9.17, 15) is 18.0 Å². The van der Waals surface area contributed by atoms with E-state index in [1.165, 1.54) is 6.07 Å². The van der Waals surface area contributed by atoms with Crippen LogP contribution in [0.15, 0.2) is 42.9 Å². The van der Waals surface area contributed by atoms with E-state index in [1.807, 2.05) is 0 Å². The molecule has 0 aliphatic rings. The Hall–Kier alpha value is -2.94. The second kappa shape index (κ2) is 6.75. The zero-order valence-electron chi connectivity index (χ0n) is 13.3. The van der Waals surface area contributed by atoms with Crippen molar-refractivity contribution >= 4 is 23.2 Å². The topological polar surface area (TPSA) is 72.7 Å². The molecule has 1 amide bonds. The third-order valence-corrected chi connectivity index (χ3v) is 3.61. The number of halogens is 4. The molecule has 0 radical (unpaired) electrons. The van der Waals surface area contributed by atoms with E-state index in [0.29, 0.717) is 17.5 Å². The molecule has 3 rings (SSSR count). The largest absolute Gasteiger partial charge is 0.419 e. The average Bonchev–Trinajstić information content (AvgIpc) is 3.00. The van der Waals surface area contributed by atoms with E-state index in [-0.39, 0.29) is 10.8 Å². The van der Waals surface area contributed by atoms with Crippen molar-refractivity contribution in [2.45, 2.75) is 6.18 Å². The normalized spacial score (nSPS) is 11.4. The van der Waals surface area contributed by atoms with Crippen molar-refractivity contribution in [3.05, 3.63) is 59.3 Å². The van der Waals surface area contributed by atoms with Crippen molar-refractivity contribution < 1.29 is 18.0 Å². The molecule has 0 aliphatic carbocycles. The third kappa shape index (κ3) is 3.83. The second-order valence-electron chi connectivity index (χ2n) is 5.32. The van der Waals surface area contributed by atoms with Gasteiger partial charge in [0.25, 0.3) is 5.91 Å². The number of rotatable bonds is 3. The van der Waals surface area contributed by atoms with Gasteiger partial charge in [-0.05, 0) is 18.2 Å². The van der Waals surface area contributed by atoms with Gasteiger partial charge >= 0.3 is 6.18 Å². The molecule has 0 aromatic carbocycles. The Kier molecular flexibility index (Phi) is 4.64. The van der Waals surface area contributed by atoms with Crippen molar-refractivity contribution in [2.75, 3.05) is 5.32 Å². The molecule has 6 nitrogen and oxygen atoms in total. The van der Waals surface area contributed by atoms with Crippen LogP contribution in [0.1, 0.15) is 16.1 Å². The van der Waals surface area contributed by atoms with Crippen LogP contribution in [-0.4, -0.2) is 25.7 Å². The number of anilines is 1. The first kappa shape index (κ1) is 17.9. The predicted octanol–water partition coefficient (Wildman–Crippen LogP) is 3.80. The molecule has 134 valence electrons. The van der Waals surface area contributed by atoms with E-state index in [4.69, 9.17) is 11.6 Å². The van der Waals surface area contributed by atoms with Crippen LogP contribution in [0.4, 0.5) is 18.9 Å². The van der Waals surface area contributed by atoms with Gasteiger partial charge in [-0.3, -0.25) is 9.48 Å². The summed E-state index contributed by atoms with van der Waals surface area (Å²) < 4.78 is 40.8. The number of nitrogens with one attached hydrogen (secondary N) is 1. The first-order valence-electron chi connectivity index (χ1n) is 7.24. The third-order valence-electron chi connectivity index (χ3n) is 3.41. The second-order valence-corrected chi connectivity index (χ2v) is 5.70. The van der Waals surface area contributed by atoms with E-state index >= 15 is 0 Å². The van der Waals surface area contributed by atoms with Gasteiger partial charge in [-0.2, -0.15) is 18.3 Å². The number of carbonyl (C=O) groups is 1. The fourth-order valence-electron chi connectivity index (χ4n) is 2.22. The van der Waals surface area contributed by atoms with Crippen molar-refractivity contribution in [2.24, 2.45) is 7.05 Å². The lowest BCUT2D eigenvalue weighted by Gasteiger charge is -2.13. The molecule has 3 aromatic rings. The monoisotopic (exact) mass is 381 g/mol. The molecule has 3 heterocycles. The minimum atomic E-state index is -4.69. The van der Waals surface area contributed by atoms with Crippen molar-refractivity contribution in [1.29, 1.82) is 0 Å². The minimum absolute atomic E-state index is 0.0487. The van der Waals surface area contributed by atoms with Crippen LogP contribution in [0, 0.1) is 0 Å². The zero-order chi connectivity index (χ0) is 18.9. The van der Waals surface area contributed by atoms with Gasteiger partial charge < -0.3 is 5.32 Å². The van der Waals surface area contributed by atoms with Gasteiger partial charge in [0.1, 0.15) is 10.8 Å². The number of carbonyl (C=O) groups excluding carboxylic acids is 1. The summed E-state index contributed by atoms with van der Waals surface area (Å²) in [5.74, 6) is -0.802. The first-order valence-corrected chi connectivity index (χ1v) is 7.62. The zero-order valence-corrected chi connectivity index (χ0v) is 14.0. The molecule has 0 atom stereocenters. The van der Waals surface area contributed by atoms with Crippen LogP contribution in [-0.2, 0) is 13.2 Å². The molecule has 1 N–H and O–H groups in total. The Morgan fingerprint density at radius 2 is 2.04 bits per heavy atom. The summed E-state index contributed by atoms with van der Waals surface area (Å²) in [6, 6.07) is 5.57. The fraction of sp³-hybridized carbons (Fsp3) is 0.125. The molecular weight excluding hydrogens is 371 g/mol. The lowest BCUT2D eigenvalue weighted by Crippen LogP contribution is -2.18. The highest BCUT2D eigenvalue weighted by Crippen LogP contribution is 2.35. The number of hydrogen-bond donors (Lipinski definition) is 1. The number of pyridine rings is 2. The number of aromatic nitrogens is 4. The number of hydrogen-bond acceptors (Lipinski definition) is 4. The molecule has 0 spiro atoms. The number of alkyl halides is 3. The van der Waals surface area contributed by atoms with Gasteiger partial charge in [-0.15, -0.1) is 0 Å². The molecular formula is C16H11ClF3N5O. The molecule has 0 saturated heterocycles. The van der Waals surface area contributed by atoms with Crippen molar-refractivity contribution in [3.63, 3.8) is 0 Å². The maximum absolute atomic E-state index is 13.1. The van der Waals surface area contributed by atoms with Crippen molar-refractivity contribution in [3.8, 4) is 11.3 Å². The fourth-order valence-corrected chi connectivity index (χ4v) is 2.38. The minimum Gasteiger partial charge on any atom is -0.320 e. The summed E-state index contributed by atoms with van der Waals surface area (Å²) in [5.41, 5.74) is -0.498. The van der Waals surface area contributed by atoms with Gasteiger partial charge in [0.05, 0.1) is 23.1 Å². The van der Waals surface area contributed by atoms with Crippen LogP contribution < -0.4 is 5.32 Å². The lowest BCUT2D eigenvalue weighted by atomic mass is 10.2. The number of nitrogens with zero attached hydrogens (tertiary/aromatic N) is 4. The van der Waals surface area contributed by atoms with Crippen LogP contribution in [0.3, 0.4) is 0 Å². The smallest absolute Gasteiger partial charge is 0.320 e. The first-order chi connectivity index (χ1) is 12.2. The maximum atomic E-state index is 13.1. The van der Waals surface area contributed by atoms with Gasteiger partial charge in [0.15, 0.2) is 0 Å². The highest BCUT2D eigenvalue weighted by molar-refractivity contribution is 6.29. The molecule has 3 aromatic heterocycles. The van der Waals surface area contributed by atoms with E-state index in [0.717, 1.165) is 6.07 Å². The van der Waals surface area contributed by atoms with Gasteiger partial charge in [0, 0.05) is 25.0 Å². The van der Waals surface area contributed by atoms with Crippen LogP contribution in [0.25, 0.3) is 11.3 Å². The van der Waals surface area contributed by atoms with E-state index < -0.39 is 23.3 Å². The molecule has 0 unspecified atom stereocenters. The van der Waals surface area contributed by atoms with Gasteiger partial charge in [-0.25, -0.2) is 9.97 Å². The SMILES string of the molecule is Cn1cc(-c2cccc(C(=O)Nc3cc(Cl)ncc3C(F)(F)F)n2)cn1. The summed E-state index contributed by atoms with van der Waals surface area (Å²) in [7, 11) is 1.73. The Balaban J connectivity index is 1.91. The summed E-state index contributed by atoms with van der Waals surface area (Å²) in [6.07, 6.45) is -0.856. The van der Waals surface area contributed by atoms with Crippen molar-refractivity contribution in [1.82, 2.24) is 19.7 Å². The number of amides is 1. The quantitative estimate of drug-likeness (QED) is 0.700. The Bertz CT molecular complexity index is 971. The van der Waals surface area contributed by atoms with E-state index in [2.05, 4.69) is 20.4 Å². The molecule has 26 heavy (non-hydrogen) atoms. The lowest BCUT2D eigenvalue weighted by molar-refractivity contribution is -0.137. The summed E-state index contributed by atoms with van der Waals surface area (Å²) >= 11 is 5.65. The molecule has 0 aliphatic heterocycles. The predicted molar refractivity (Wildman–Crippen MR) is 88.6 cm³/mol. The summed E-state index contributed by atoms with van der Waals surface area (Å²) in [6.45, 7) is 0. The molecule has 0 saturated carbocycles. The van der Waals surface area contributed by atoms with Crippen LogP contribution >= 0.6 is 11.6 Å². The van der Waals surface area contributed by atoms with Crippen LogP contribution in [0.5, 0.6) is 0 Å². The number of aryl methyl sites for hydroxylation is 1. The highest BCUT2D eigenvalue weighted by Gasteiger charge is 2.34. The molecule has 10 heteroatoms. The van der Waals surface area contributed by atoms with Gasteiger partial charge in [-0.1, -0.05) is 17.7 Å². The molecule has 0 bridgehead atoms. The Morgan fingerprint density at radius 3 is 2.69 bits per heavy atom. The maximum Gasteiger partial charge on any atom is 0.419 e.